The molecule has 0 aliphatic carbocycles. The van der Waals surface area contributed by atoms with Gasteiger partial charge in [-0.15, -0.1) is 0 Å². The molecule has 2 N–H and O–H groups in total. The van der Waals surface area contributed by atoms with E-state index in [1.54, 1.807) is 25.7 Å². The number of rotatable bonds is 6. The van der Waals surface area contributed by atoms with Crippen molar-refractivity contribution in [1.82, 2.24) is 24.8 Å². The van der Waals surface area contributed by atoms with E-state index in [1.165, 1.54) is 0 Å². The van der Waals surface area contributed by atoms with Crippen LogP contribution in [-0.4, -0.2) is 32.5 Å². The number of ether oxygens (including phenoxy) is 1. The SMILES string of the molecule is COc1cncc(C(C)n2c(C)c(C(=O)NCc3c(C)cc(C)[nH]c3=O)c3cccnc32)c1. The smallest absolute Gasteiger partial charge is 0.254 e. The van der Waals surface area contributed by atoms with Crippen molar-refractivity contribution in [3.05, 3.63) is 86.9 Å². The van der Waals surface area contributed by atoms with Crippen molar-refractivity contribution in [2.45, 2.75) is 40.3 Å². The van der Waals surface area contributed by atoms with E-state index >= 15 is 0 Å². The molecule has 0 bridgehead atoms. The molecule has 0 radical (unpaired) electrons. The maximum atomic E-state index is 13.3. The number of carbonyl (C=O) groups excluding carboxylic acids is 1. The van der Waals surface area contributed by atoms with E-state index in [2.05, 4.69) is 20.3 Å². The van der Waals surface area contributed by atoms with E-state index in [4.69, 9.17) is 4.74 Å². The molecule has 33 heavy (non-hydrogen) atoms. The average Bonchev–Trinajstić information content (AvgIpc) is 3.09. The number of nitrogens with one attached hydrogen (secondary N) is 2. The molecule has 1 amide bonds. The summed E-state index contributed by atoms with van der Waals surface area (Å²) in [6.45, 7) is 7.79. The predicted molar refractivity (Wildman–Crippen MR) is 127 cm³/mol. The second-order valence-corrected chi connectivity index (χ2v) is 8.16. The van der Waals surface area contributed by atoms with Crippen LogP contribution in [0.3, 0.4) is 0 Å². The highest BCUT2D eigenvalue weighted by atomic mass is 16.5. The Morgan fingerprint density at radius 2 is 2.03 bits per heavy atom. The molecule has 1 unspecified atom stereocenters. The molecule has 8 nitrogen and oxygen atoms in total. The lowest BCUT2D eigenvalue weighted by atomic mass is 10.1. The van der Waals surface area contributed by atoms with Crippen LogP contribution >= 0.6 is 0 Å². The van der Waals surface area contributed by atoms with Gasteiger partial charge in [0.25, 0.3) is 11.5 Å². The maximum Gasteiger partial charge on any atom is 0.254 e. The minimum Gasteiger partial charge on any atom is -0.495 e. The molecule has 1 atom stereocenters. The Morgan fingerprint density at radius 3 is 2.76 bits per heavy atom. The third kappa shape index (κ3) is 4.11. The molecular formula is C25H27N5O3. The van der Waals surface area contributed by atoms with Gasteiger partial charge in [0.05, 0.1) is 24.9 Å². The standard InChI is InChI=1S/C25H27N5O3/c1-14-9-15(2)29-24(31)21(14)13-28-25(32)22-17(4)30(23-20(22)7-6-8-27-23)16(3)18-10-19(33-5)12-26-11-18/h6-12,16H,13H2,1-5H3,(H,28,32)(H,29,31). The van der Waals surface area contributed by atoms with Gasteiger partial charge in [-0.05, 0) is 63.1 Å². The molecule has 4 aromatic heterocycles. The zero-order valence-electron chi connectivity index (χ0n) is 19.4. The fourth-order valence-corrected chi connectivity index (χ4v) is 4.30. The highest BCUT2D eigenvalue weighted by Crippen LogP contribution is 2.31. The molecule has 0 saturated carbocycles. The first kappa shape index (κ1) is 22.3. The molecule has 4 heterocycles. The largest absolute Gasteiger partial charge is 0.495 e. The number of pyridine rings is 3. The van der Waals surface area contributed by atoms with Crippen molar-refractivity contribution in [2.75, 3.05) is 7.11 Å². The number of aromatic amines is 1. The highest BCUT2D eigenvalue weighted by molar-refractivity contribution is 6.07. The average molecular weight is 446 g/mol. The lowest BCUT2D eigenvalue weighted by molar-refractivity contribution is 0.0951. The summed E-state index contributed by atoms with van der Waals surface area (Å²) in [4.78, 5) is 37.3. The van der Waals surface area contributed by atoms with Gasteiger partial charge in [-0.1, -0.05) is 0 Å². The molecule has 0 aromatic carbocycles. The second-order valence-electron chi connectivity index (χ2n) is 8.16. The summed E-state index contributed by atoms with van der Waals surface area (Å²) in [5.74, 6) is 0.415. The summed E-state index contributed by atoms with van der Waals surface area (Å²) in [5, 5.41) is 3.68. The van der Waals surface area contributed by atoms with E-state index < -0.39 is 0 Å². The number of H-pyrrole nitrogens is 1. The number of aryl methyl sites for hydroxylation is 2. The second kappa shape index (κ2) is 8.90. The number of nitrogens with zero attached hydrogens (tertiary/aromatic N) is 3. The Hall–Kier alpha value is -3.94. The monoisotopic (exact) mass is 445 g/mol. The zero-order valence-corrected chi connectivity index (χ0v) is 19.4. The van der Waals surface area contributed by atoms with Gasteiger partial charge in [-0.2, -0.15) is 0 Å². The summed E-state index contributed by atoms with van der Waals surface area (Å²) in [5.41, 5.74) is 4.97. The maximum absolute atomic E-state index is 13.3. The minimum atomic E-state index is -0.250. The van der Waals surface area contributed by atoms with Crippen LogP contribution < -0.4 is 15.6 Å². The van der Waals surface area contributed by atoms with Crippen molar-refractivity contribution >= 4 is 16.9 Å². The quantitative estimate of drug-likeness (QED) is 0.472. The summed E-state index contributed by atoms with van der Waals surface area (Å²) in [7, 11) is 1.60. The van der Waals surface area contributed by atoms with Gasteiger partial charge in [0.15, 0.2) is 0 Å². The van der Waals surface area contributed by atoms with E-state index in [1.807, 2.05) is 56.5 Å². The van der Waals surface area contributed by atoms with Gasteiger partial charge in [-0.3, -0.25) is 14.6 Å². The summed E-state index contributed by atoms with van der Waals surface area (Å²) < 4.78 is 7.36. The molecular weight excluding hydrogens is 418 g/mol. The predicted octanol–water partition coefficient (Wildman–Crippen LogP) is 3.59. The zero-order chi connectivity index (χ0) is 23.7. The van der Waals surface area contributed by atoms with Gasteiger partial charge in [0.1, 0.15) is 11.4 Å². The topological polar surface area (TPSA) is 102 Å². The number of aromatic nitrogens is 4. The molecule has 170 valence electrons. The highest BCUT2D eigenvalue weighted by Gasteiger charge is 2.24. The van der Waals surface area contributed by atoms with Crippen LogP contribution in [0.25, 0.3) is 11.0 Å². The Kier molecular flexibility index (Phi) is 6.00. The fraction of sp³-hybridized carbons (Fsp3) is 0.280. The first-order valence-corrected chi connectivity index (χ1v) is 10.7. The van der Waals surface area contributed by atoms with Crippen molar-refractivity contribution < 1.29 is 9.53 Å². The molecule has 0 aliphatic heterocycles. The Morgan fingerprint density at radius 1 is 1.24 bits per heavy atom. The van der Waals surface area contributed by atoms with Crippen molar-refractivity contribution in [3.63, 3.8) is 0 Å². The molecule has 4 rings (SSSR count). The first-order chi connectivity index (χ1) is 15.8. The van der Waals surface area contributed by atoms with Crippen LogP contribution in [0.1, 0.15) is 51.4 Å². The Labute approximate surface area is 191 Å². The normalized spacial score (nSPS) is 12.0. The number of amides is 1. The van der Waals surface area contributed by atoms with Gasteiger partial charge < -0.3 is 19.6 Å². The number of hydrogen-bond acceptors (Lipinski definition) is 5. The van der Waals surface area contributed by atoms with Crippen molar-refractivity contribution in [3.8, 4) is 5.75 Å². The van der Waals surface area contributed by atoms with E-state index in [-0.39, 0.29) is 24.1 Å². The van der Waals surface area contributed by atoms with Crippen LogP contribution in [-0.2, 0) is 6.54 Å². The molecule has 8 heteroatoms. The van der Waals surface area contributed by atoms with Crippen LogP contribution in [0.2, 0.25) is 0 Å². The first-order valence-electron chi connectivity index (χ1n) is 10.7. The number of carbonyl (C=O) groups is 1. The molecule has 0 saturated heterocycles. The lowest BCUT2D eigenvalue weighted by Gasteiger charge is -2.18. The Bertz CT molecular complexity index is 1400. The fourth-order valence-electron chi connectivity index (χ4n) is 4.30. The van der Waals surface area contributed by atoms with Crippen LogP contribution in [0.4, 0.5) is 0 Å². The summed E-state index contributed by atoms with van der Waals surface area (Å²) in [6.07, 6.45) is 5.15. The van der Waals surface area contributed by atoms with E-state index in [9.17, 15) is 9.59 Å². The van der Waals surface area contributed by atoms with Crippen LogP contribution in [0.5, 0.6) is 5.75 Å². The number of hydrogen-bond donors (Lipinski definition) is 2. The summed E-state index contributed by atoms with van der Waals surface area (Å²) in [6, 6.07) is 7.40. The van der Waals surface area contributed by atoms with Crippen molar-refractivity contribution in [2.24, 2.45) is 0 Å². The van der Waals surface area contributed by atoms with E-state index in [0.717, 1.165) is 27.9 Å². The number of methoxy groups -OCH3 is 1. The molecule has 0 fully saturated rings. The molecule has 0 spiro atoms. The molecule has 4 aromatic rings. The van der Waals surface area contributed by atoms with Gasteiger partial charge >= 0.3 is 0 Å². The number of fused-ring (bicyclic) bond motifs is 1. The van der Waals surface area contributed by atoms with Gasteiger partial charge in [0, 0.05) is 41.3 Å². The van der Waals surface area contributed by atoms with Crippen molar-refractivity contribution in [1.29, 1.82) is 0 Å². The third-order valence-corrected chi connectivity index (χ3v) is 5.99. The molecule has 0 aliphatic rings. The minimum absolute atomic E-state index is 0.131. The lowest BCUT2D eigenvalue weighted by Crippen LogP contribution is -2.28. The third-order valence-electron chi connectivity index (χ3n) is 5.99. The van der Waals surface area contributed by atoms with E-state index in [0.29, 0.717) is 22.5 Å². The van der Waals surface area contributed by atoms with Gasteiger partial charge in [0.2, 0.25) is 0 Å². The van der Waals surface area contributed by atoms with Crippen LogP contribution in [0, 0.1) is 20.8 Å². The Balaban J connectivity index is 1.73. The summed E-state index contributed by atoms with van der Waals surface area (Å²) >= 11 is 0. The van der Waals surface area contributed by atoms with Gasteiger partial charge in [-0.25, -0.2) is 4.98 Å². The van der Waals surface area contributed by atoms with Crippen LogP contribution in [0.15, 0.2) is 47.7 Å².